The molecule has 7 nitrogen and oxygen atoms in total. The zero-order chi connectivity index (χ0) is 11.9. The predicted molar refractivity (Wildman–Crippen MR) is 62.9 cm³/mol. The highest BCUT2D eigenvalue weighted by atomic mass is 16.3. The maximum absolute atomic E-state index is 8.69. The first-order valence-electron chi connectivity index (χ1n) is 5.09. The van der Waals surface area contributed by atoms with Crippen LogP contribution < -0.4 is 10.6 Å². The lowest BCUT2D eigenvalue weighted by molar-refractivity contribution is 0.311. The van der Waals surface area contributed by atoms with Crippen LogP contribution in [0.4, 0.5) is 17.6 Å². The van der Waals surface area contributed by atoms with Gasteiger partial charge in [0.15, 0.2) is 5.82 Å². The number of aliphatic hydroxyl groups excluding tert-OH is 1. The zero-order valence-corrected chi connectivity index (χ0v) is 9.04. The molecule has 17 heavy (non-hydrogen) atoms. The van der Waals surface area contributed by atoms with Crippen molar-refractivity contribution in [2.75, 3.05) is 23.8 Å². The summed E-state index contributed by atoms with van der Waals surface area (Å²) in [7, 11) is 0. The molecule has 0 saturated carbocycles. The minimum atomic E-state index is 0.0525. The average Bonchev–Trinajstić information content (AvgIpc) is 2.38. The Kier molecular flexibility index (Phi) is 3.77. The van der Waals surface area contributed by atoms with E-state index in [9.17, 15) is 0 Å². The molecule has 2 rings (SSSR count). The summed E-state index contributed by atoms with van der Waals surface area (Å²) >= 11 is 0. The fraction of sp³-hybridized carbons (Fsp3) is 0.200. The van der Waals surface area contributed by atoms with Gasteiger partial charge in [-0.1, -0.05) is 0 Å². The van der Waals surface area contributed by atoms with E-state index in [0.717, 1.165) is 0 Å². The maximum Gasteiger partial charge on any atom is 0.230 e. The van der Waals surface area contributed by atoms with Gasteiger partial charge in [-0.25, -0.2) is 9.97 Å². The molecule has 0 radical (unpaired) electrons. The maximum atomic E-state index is 8.69. The predicted octanol–water partition coefficient (Wildman–Crippen LogP) is 0.414. The van der Waals surface area contributed by atoms with E-state index >= 15 is 0 Å². The Morgan fingerprint density at radius 2 is 2.06 bits per heavy atom. The molecule has 0 aliphatic carbocycles. The summed E-state index contributed by atoms with van der Waals surface area (Å²) in [6.45, 7) is 0.499. The standard InChI is InChI=1S/C10H12N6O/c17-6-5-13-8-1-2-14-10(15-8)16-9-7-11-3-4-12-9/h1-4,7,17H,5-6H2,(H2,12,13,14,15,16). The normalized spacial score (nSPS) is 9.94. The van der Waals surface area contributed by atoms with Crippen LogP contribution in [0.25, 0.3) is 0 Å². The van der Waals surface area contributed by atoms with E-state index in [1.807, 2.05) is 0 Å². The van der Waals surface area contributed by atoms with Gasteiger partial charge in [-0.05, 0) is 6.07 Å². The van der Waals surface area contributed by atoms with Crippen LogP contribution >= 0.6 is 0 Å². The van der Waals surface area contributed by atoms with E-state index in [4.69, 9.17) is 5.11 Å². The number of aromatic nitrogens is 4. The van der Waals surface area contributed by atoms with E-state index in [2.05, 4.69) is 30.6 Å². The molecule has 0 spiro atoms. The van der Waals surface area contributed by atoms with Gasteiger partial charge in [-0.2, -0.15) is 4.98 Å². The monoisotopic (exact) mass is 232 g/mol. The molecule has 0 amide bonds. The van der Waals surface area contributed by atoms with Gasteiger partial charge in [-0.3, -0.25) is 4.98 Å². The second kappa shape index (κ2) is 5.71. The summed E-state index contributed by atoms with van der Waals surface area (Å²) < 4.78 is 0. The topological polar surface area (TPSA) is 95.8 Å². The van der Waals surface area contributed by atoms with Gasteiger partial charge >= 0.3 is 0 Å². The van der Waals surface area contributed by atoms with Gasteiger partial charge in [0.1, 0.15) is 5.82 Å². The second-order valence-corrected chi connectivity index (χ2v) is 3.13. The molecular formula is C10H12N6O. The summed E-state index contributed by atoms with van der Waals surface area (Å²) in [6.07, 6.45) is 6.37. The van der Waals surface area contributed by atoms with Gasteiger partial charge in [0, 0.05) is 25.1 Å². The molecule has 2 aromatic heterocycles. The minimum absolute atomic E-state index is 0.0525. The summed E-state index contributed by atoms with van der Waals surface area (Å²) in [4.78, 5) is 16.2. The van der Waals surface area contributed by atoms with Crippen molar-refractivity contribution in [1.82, 2.24) is 19.9 Å². The molecule has 0 atom stereocenters. The summed E-state index contributed by atoms with van der Waals surface area (Å²) in [6, 6.07) is 1.72. The lowest BCUT2D eigenvalue weighted by Gasteiger charge is -2.06. The van der Waals surface area contributed by atoms with Crippen LogP contribution in [0.5, 0.6) is 0 Å². The Morgan fingerprint density at radius 3 is 2.82 bits per heavy atom. The van der Waals surface area contributed by atoms with E-state index in [1.165, 1.54) is 0 Å². The molecule has 0 saturated heterocycles. The van der Waals surface area contributed by atoms with Crippen molar-refractivity contribution in [3.63, 3.8) is 0 Å². The molecule has 7 heteroatoms. The Balaban J connectivity index is 2.06. The molecule has 2 aromatic rings. The minimum Gasteiger partial charge on any atom is -0.395 e. The third-order valence-corrected chi connectivity index (χ3v) is 1.88. The number of hydrogen-bond acceptors (Lipinski definition) is 7. The fourth-order valence-corrected chi connectivity index (χ4v) is 1.18. The quantitative estimate of drug-likeness (QED) is 0.687. The van der Waals surface area contributed by atoms with Crippen LogP contribution in [0.1, 0.15) is 0 Å². The Labute approximate surface area is 98.0 Å². The van der Waals surface area contributed by atoms with E-state index in [-0.39, 0.29) is 6.61 Å². The molecule has 0 bridgehead atoms. The number of nitrogens with one attached hydrogen (secondary N) is 2. The van der Waals surface area contributed by atoms with Gasteiger partial charge in [0.2, 0.25) is 5.95 Å². The van der Waals surface area contributed by atoms with E-state index in [0.29, 0.717) is 24.1 Å². The number of rotatable bonds is 5. The highest BCUT2D eigenvalue weighted by Crippen LogP contribution is 2.09. The first kappa shape index (κ1) is 11.2. The van der Waals surface area contributed by atoms with Crippen molar-refractivity contribution in [2.45, 2.75) is 0 Å². The van der Waals surface area contributed by atoms with Crippen molar-refractivity contribution in [3.8, 4) is 0 Å². The molecule has 0 fully saturated rings. The first-order chi connectivity index (χ1) is 8.38. The average molecular weight is 232 g/mol. The van der Waals surface area contributed by atoms with Crippen LogP contribution in [0, 0.1) is 0 Å². The van der Waals surface area contributed by atoms with Crippen molar-refractivity contribution >= 4 is 17.6 Å². The van der Waals surface area contributed by atoms with Crippen molar-refractivity contribution in [1.29, 1.82) is 0 Å². The first-order valence-corrected chi connectivity index (χ1v) is 5.09. The van der Waals surface area contributed by atoms with Gasteiger partial charge < -0.3 is 15.7 Å². The largest absolute Gasteiger partial charge is 0.395 e. The molecular weight excluding hydrogens is 220 g/mol. The third kappa shape index (κ3) is 3.35. The smallest absolute Gasteiger partial charge is 0.230 e. The van der Waals surface area contributed by atoms with Gasteiger partial charge in [0.05, 0.1) is 12.8 Å². The molecule has 0 unspecified atom stereocenters. The molecule has 0 aliphatic rings. The SMILES string of the molecule is OCCNc1ccnc(Nc2cnccn2)n1. The molecule has 0 aliphatic heterocycles. The van der Waals surface area contributed by atoms with E-state index in [1.54, 1.807) is 30.9 Å². The highest BCUT2D eigenvalue weighted by Gasteiger charge is 2.00. The number of aliphatic hydroxyl groups is 1. The molecule has 3 N–H and O–H groups in total. The summed E-state index contributed by atoms with van der Waals surface area (Å²) in [5.41, 5.74) is 0. The molecule has 0 aromatic carbocycles. The molecule has 88 valence electrons. The van der Waals surface area contributed by atoms with Crippen molar-refractivity contribution in [2.24, 2.45) is 0 Å². The zero-order valence-electron chi connectivity index (χ0n) is 9.04. The van der Waals surface area contributed by atoms with Crippen molar-refractivity contribution < 1.29 is 5.11 Å². The van der Waals surface area contributed by atoms with Gasteiger partial charge in [0.25, 0.3) is 0 Å². The number of anilines is 3. The summed E-state index contributed by atoms with van der Waals surface area (Å²) in [5, 5.41) is 14.6. The summed E-state index contributed by atoms with van der Waals surface area (Å²) in [5.74, 6) is 1.64. The second-order valence-electron chi connectivity index (χ2n) is 3.13. The lowest BCUT2D eigenvalue weighted by atomic mass is 10.5. The van der Waals surface area contributed by atoms with Crippen LogP contribution in [0.15, 0.2) is 30.9 Å². The Bertz CT molecular complexity index is 463. The van der Waals surface area contributed by atoms with Crippen molar-refractivity contribution in [3.05, 3.63) is 30.9 Å². The van der Waals surface area contributed by atoms with Crippen LogP contribution in [0.3, 0.4) is 0 Å². The fourth-order valence-electron chi connectivity index (χ4n) is 1.18. The molecule has 2 heterocycles. The lowest BCUT2D eigenvalue weighted by Crippen LogP contribution is -2.08. The van der Waals surface area contributed by atoms with Crippen LogP contribution in [-0.2, 0) is 0 Å². The van der Waals surface area contributed by atoms with Gasteiger partial charge in [-0.15, -0.1) is 0 Å². The Hall–Kier alpha value is -2.28. The number of nitrogens with zero attached hydrogens (tertiary/aromatic N) is 4. The third-order valence-electron chi connectivity index (χ3n) is 1.88. The van der Waals surface area contributed by atoms with E-state index < -0.39 is 0 Å². The van der Waals surface area contributed by atoms with Crippen LogP contribution in [0.2, 0.25) is 0 Å². The highest BCUT2D eigenvalue weighted by molar-refractivity contribution is 5.48. The Morgan fingerprint density at radius 1 is 1.12 bits per heavy atom. The number of hydrogen-bond donors (Lipinski definition) is 3. The van der Waals surface area contributed by atoms with Crippen LogP contribution in [-0.4, -0.2) is 38.2 Å².